The van der Waals surface area contributed by atoms with Gasteiger partial charge >= 0.3 is 0 Å². The van der Waals surface area contributed by atoms with E-state index in [2.05, 4.69) is 10.1 Å². The average molecular weight is 431 g/mol. The molecule has 0 N–H and O–H groups in total. The van der Waals surface area contributed by atoms with Crippen LogP contribution in [0, 0.1) is 11.8 Å². The number of imide groups is 1. The maximum Gasteiger partial charge on any atom is 0.246 e. The zero-order valence-corrected chi connectivity index (χ0v) is 17.5. The Balaban J connectivity index is 1.32. The van der Waals surface area contributed by atoms with Crippen LogP contribution < -0.4 is 0 Å². The van der Waals surface area contributed by atoms with E-state index in [1.165, 1.54) is 9.80 Å². The van der Waals surface area contributed by atoms with E-state index in [-0.39, 0.29) is 49.1 Å². The number of amides is 3. The lowest BCUT2D eigenvalue weighted by molar-refractivity contribution is -0.140. The fourth-order valence-electron chi connectivity index (χ4n) is 4.18. The topological polar surface area (TPSA) is 96.6 Å². The van der Waals surface area contributed by atoms with Crippen LogP contribution in [-0.4, -0.2) is 51.3 Å². The predicted octanol–water partition coefficient (Wildman–Crippen LogP) is 2.91. The minimum Gasteiger partial charge on any atom is -0.337 e. The van der Waals surface area contributed by atoms with Crippen LogP contribution in [0.2, 0.25) is 5.02 Å². The molecule has 8 nitrogen and oxygen atoms in total. The smallest absolute Gasteiger partial charge is 0.246 e. The first kappa shape index (κ1) is 20.5. The predicted molar refractivity (Wildman–Crippen MR) is 108 cm³/mol. The molecule has 4 rings (SSSR count). The lowest BCUT2D eigenvalue weighted by atomic mass is 9.81. The summed E-state index contributed by atoms with van der Waals surface area (Å²) in [7, 11) is 1.63. The van der Waals surface area contributed by atoms with Gasteiger partial charge in [0, 0.05) is 30.6 Å². The van der Waals surface area contributed by atoms with E-state index >= 15 is 0 Å². The second-order valence-corrected chi connectivity index (χ2v) is 8.28. The third kappa shape index (κ3) is 4.09. The van der Waals surface area contributed by atoms with Gasteiger partial charge in [-0.05, 0) is 37.1 Å². The first-order valence-corrected chi connectivity index (χ1v) is 10.5. The van der Waals surface area contributed by atoms with Crippen LogP contribution in [0.15, 0.2) is 28.8 Å². The van der Waals surface area contributed by atoms with Crippen molar-refractivity contribution in [3.8, 4) is 11.4 Å². The van der Waals surface area contributed by atoms with Gasteiger partial charge in [-0.3, -0.25) is 19.3 Å². The van der Waals surface area contributed by atoms with Crippen molar-refractivity contribution in [2.45, 2.75) is 38.6 Å². The van der Waals surface area contributed by atoms with Gasteiger partial charge in [0.15, 0.2) is 0 Å². The normalized spacial score (nSPS) is 21.1. The summed E-state index contributed by atoms with van der Waals surface area (Å²) in [6.07, 6.45) is 3.58. The van der Waals surface area contributed by atoms with E-state index in [4.69, 9.17) is 16.1 Å². The molecule has 1 aliphatic carbocycles. The van der Waals surface area contributed by atoms with Crippen molar-refractivity contribution in [2.75, 3.05) is 13.6 Å². The standard InChI is InChI=1S/C21H23ClN4O4/c1-25(12-17-23-19(24-30-17)13-6-8-14(22)9-7-13)18(27)10-11-26-20(28)15-4-2-3-5-16(15)21(26)29/h6-9,15-16H,2-5,10-12H2,1H3/t15-,16-/m0/s1. The molecule has 1 aromatic carbocycles. The van der Waals surface area contributed by atoms with Crippen molar-refractivity contribution in [1.82, 2.24) is 19.9 Å². The van der Waals surface area contributed by atoms with Gasteiger partial charge in [0.1, 0.15) is 0 Å². The molecule has 0 unspecified atom stereocenters. The highest BCUT2D eigenvalue weighted by Gasteiger charge is 2.47. The summed E-state index contributed by atoms with van der Waals surface area (Å²) in [6, 6.07) is 7.04. The lowest BCUT2D eigenvalue weighted by Gasteiger charge is -2.19. The number of carbonyl (C=O) groups excluding carboxylic acids is 3. The maximum atomic E-state index is 12.5. The number of halogens is 1. The largest absolute Gasteiger partial charge is 0.337 e. The number of likely N-dealkylation sites (tertiary alicyclic amines) is 1. The van der Waals surface area contributed by atoms with Crippen LogP contribution in [0.1, 0.15) is 38.0 Å². The van der Waals surface area contributed by atoms with Crippen LogP contribution in [-0.2, 0) is 20.9 Å². The summed E-state index contributed by atoms with van der Waals surface area (Å²) < 4.78 is 5.24. The first-order valence-electron chi connectivity index (χ1n) is 10.1. The van der Waals surface area contributed by atoms with E-state index in [1.807, 2.05) is 0 Å². The second-order valence-electron chi connectivity index (χ2n) is 7.84. The highest BCUT2D eigenvalue weighted by molar-refractivity contribution is 6.30. The number of fused-ring (bicyclic) bond motifs is 1. The highest BCUT2D eigenvalue weighted by atomic mass is 35.5. The number of nitrogens with zero attached hydrogens (tertiary/aromatic N) is 4. The molecule has 158 valence electrons. The molecule has 2 fully saturated rings. The third-order valence-electron chi connectivity index (χ3n) is 5.85. The van der Waals surface area contributed by atoms with Gasteiger partial charge < -0.3 is 9.42 Å². The molecule has 3 amide bonds. The van der Waals surface area contributed by atoms with Crippen molar-refractivity contribution in [2.24, 2.45) is 11.8 Å². The number of carbonyl (C=O) groups is 3. The fourth-order valence-corrected chi connectivity index (χ4v) is 4.30. The Bertz CT molecular complexity index is 934. The molecule has 2 aromatic rings. The van der Waals surface area contributed by atoms with Crippen LogP contribution in [0.4, 0.5) is 0 Å². The van der Waals surface area contributed by atoms with Crippen molar-refractivity contribution >= 4 is 29.3 Å². The van der Waals surface area contributed by atoms with Crippen LogP contribution >= 0.6 is 11.6 Å². The SMILES string of the molecule is CN(Cc1nc(-c2ccc(Cl)cc2)no1)C(=O)CCN1C(=O)[C@H]2CCCC[C@@H]2C1=O. The van der Waals surface area contributed by atoms with E-state index in [0.717, 1.165) is 31.2 Å². The van der Waals surface area contributed by atoms with Gasteiger partial charge in [0.05, 0.1) is 18.4 Å². The number of hydrogen-bond donors (Lipinski definition) is 0. The van der Waals surface area contributed by atoms with Crippen LogP contribution in [0.25, 0.3) is 11.4 Å². The monoisotopic (exact) mass is 430 g/mol. The first-order chi connectivity index (χ1) is 14.4. The Kier molecular flexibility index (Phi) is 5.85. The molecule has 2 atom stereocenters. The average Bonchev–Trinajstić information content (AvgIpc) is 3.30. The van der Waals surface area contributed by atoms with Crippen molar-refractivity contribution in [1.29, 1.82) is 0 Å². The Labute approximate surface area is 179 Å². The van der Waals surface area contributed by atoms with E-state index in [1.54, 1.807) is 31.3 Å². The van der Waals surface area contributed by atoms with E-state index in [9.17, 15) is 14.4 Å². The number of hydrogen-bond acceptors (Lipinski definition) is 6. The summed E-state index contributed by atoms with van der Waals surface area (Å²) in [5.74, 6) is -0.105. The summed E-state index contributed by atoms with van der Waals surface area (Å²) in [5.41, 5.74) is 0.760. The van der Waals surface area contributed by atoms with Gasteiger partial charge in [0.25, 0.3) is 0 Å². The minimum atomic E-state index is -0.197. The summed E-state index contributed by atoms with van der Waals surface area (Å²) in [4.78, 5) is 44.6. The van der Waals surface area contributed by atoms with Gasteiger partial charge in [0.2, 0.25) is 29.4 Å². The Hall–Kier alpha value is -2.74. The quantitative estimate of drug-likeness (QED) is 0.653. The molecular weight excluding hydrogens is 408 g/mol. The van der Waals surface area contributed by atoms with E-state index < -0.39 is 0 Å². The van der Waals surface area contributed by atoms with Crippen molar-refractivity contribution < 1.29 is 18.9 Å². The van der Waals surface area contributed by atoms with Gasteiger partial charge in [-0.15, -0.1) is 0 Å². The molecule has 1 aromatic heterocycles. The van der Waals surface area contributed by atoms with Gasteiger partial charge in [-0.1, -0.05) is 29.6 Å². The molecule has 2 heterocycles. The third-order valence-corrected chi connectivity index (χ3v) is 6.10. The van der Waals surface area contributed by atoms with Crippen LogP contribution in [0.5, 0.6) is 0 Å². The van der Waals surface area contributed by atoms with Gasteiger partial charge in [-0.2, -0.15) is 4.98 Å². The maximum absolute atomic E-state index is 12.5. The molecule has 9 heteroatoms. The summed E-state index contributed by atoms with van der Waals surface area (Å²) in [5, 5.41) is 4.55. The Morgan fingerprint density at radius 1 is 1.17 bits per heavy atom. The molecule has 30 heavy (non-hydrogen) atoms. The zero-order valence-electron chi connectivity index (χ0n) is 16.7. The molecule has 1 saturated heterocycles. The highest BCUT2D eigenvalue weighted by Crippen LogP contribution is 2.38. The van der Waals surface area contributed by atoms with Crippen molar-refractivity contribution in [3.05, 3.63) is 35.2 Å². The summed E-state index contributed by atoms with van der Waals surface area (Å²) >= 11 is 5.88. The molecule has 2 aliphatic rings. The molecule has 0 spiro atoms. The molecule has 1 aliphatic heterocycles. The minimum absolute atomic E-state index is 0.0750. The Morgan fingerprint density at radius 3 is 2.43 bits per heavy atom. The molecule has 0 radical (unpaired) electrons. The number of benzene rings is 1. The molecule has 0 bridgehead atoms. The zero-order chi connectivity index (χ0) is 21.3. The van der Waals surface area contributed by atoms with Crippen molar-refractivity contribution in [3.63, 3.8) is 0 Å². The second kappa shape index (κ2) is 8.55. The molecule has 1 saturated carbocycles. The number of rotatable bonds is 6. The van der Waals surface area contributed by atoms with Gasteiger partial charge in [-0.25, -0.2) is 0 Å². The lowest BCUT2D eigenvalue weighted by Crippen LogP contribution is -2.36. The number of aromatic nitrogens is 2. The Morgan fingerprint density at radius 2 is 1.80 bits per heavy atom. The fraction of sp³-hybridized carbons (Fsp3) is 0.476. The van der Waals surface area contributed by atoms with E-state index in [0.29, 0.717) is 16.7 Å². The summed E-state index contributed by atoms with van der Waals surface area (Å²) in [6.45, 7) is 0.264. The van der Waals surface area contributed by atoms with Crippen LogP contribution in [0.3, 0.4) is 0 Å². The molecular formula is C21H23ClN4O4.